The molecule has 100 valence electrons. The van der Waals surface area contributed by atoms with Crippen molar-refractivity contribution >= 4 is 16.6 Å². The van der Waals surface area contributed by atoms with Crippen molar-refractivity contribution in [1.82, 2.24) is 4.98 Å². The van der Waals surface area contributed by atoms with Crippen LogP contribution in [0.2, 0.25) is 0 Å². The van der Waals surface area contributed by atoms with E-state index >= 15 is 0 Å². The van der Waals surface area contributed by atoms with Crippen LogP contribution in [0.5, 0.6) is 0 Å². The molecule has 3 rings (SSSR count). The molecule has 0 amide bonds. The van der Waals surface area contributed by atoms with Crippen molar-refractivity contribution in [3.05, 3.63) is 36.5 Å². The summed E-state index contributed by atoms with van der Waals surface area (Å²) in [5.41, 5.74) is 8.15. The number of benzene rings is 1. The smallest absolute Gasteiger partial charge is 0.0722 e. The summed E-state index contributed by atoms with van der Waals surface area (Å²) in [4.78, 5) is 4.41. The molecule has 1 aromatic heterocycles. The van der Waals surface area contributed by atoms with Gasteiger partial charge in [0.15, 0.2) is 0 Å². The van der Waals surface area contributed by atoms with Crippen molar-refractivity contribution in [3.8, 4) is 0 Å². The van der Waals surface area contributed by atoms with E-state index in [1.807, 2.05) is 12.3 Å². The fraction of sp³-hybridized carbons (Fsp3) is 0.438. The number of hydrogen-bond donors (Lipinski definition) is 2. The maximum atomic E-state index is 5.91. The molecule has 0 aliphatic heterocycles. The largest absolute Gasteiger partial charge is 0.381 e. The minimum absolute atomic E-state index is 0.504. The Bertz CT molecular complexity index is 547. The second kappa shape index (κ2) is 5.57. The van der Waals surface area contributed by atoms with Gasteiger partial charge in [-0.25, -0.2) is 0 Å². The number of rotatable bonds is 3. The third-order valence-electron chi connectivity index (χ3n) is 4.20. The number of aromatic nitrogens is 1. The topological polar surface area (TPSA) is 50.9 Å². The second-order valence-electron chi connectivity index (χ2n) is 5.41. The first-order valence-electron chi connectivity index (χ1n) is 7.19. The molecule has 19 heavy (non-hydrogen) atoms. The molecule has 3 heteroatoms. The summed E-state index contributed by atoms with van der Waals surface area (Å²) >= 11 is 0. The van der Waals surface area contributed by atoms with E-state index in [0.717, 1.165) is 12.1 Å². The monoisotopic (exact) mass is 255 g/mol. The zero-order chi connectivity index (χ0) is 13.1. The van der Waals surface area contributed by atoms with E-state index in [1.165, 1.54) is 36.8 Å². The van der Waals surface area contributed by atoms with E-state index in [-0.39, 0.29) is 0 Å². The van der Waals surface area contributed by atoms with Crippen molar-refractivity contribution in [2.24, 2.45) is 11.7 Å². The van der Waals surface area contributed by atoms with Crippen molar-refractivity contribution < 1.29 is 0 Å². The lowest BCUT2D eigenvalue weighted by Crippen LogP contribution is -2.36. The van der Waals surface area contributed by atoms with Crippen LogP contribution in [0.3, 0.4) is 0 Å². The van der Waals surface area contributed by atoms with Gasteiger partial charge in [0.1, 0.15) is 0 Å². The van der Waals surface area contributed by atoms with E-state index in [9.17, 15) is 0 Å². The molecule has 1 heterocycles. The summed E-state index contributed by atoms with van der Waals surface area (Å²) in [6, 6.07) is 10.9. The molecule has 1 fully saturated rings. The minimum atomic E-state index is 0.504. The molecule has 2 unspecified atom stereocenters. The minimum Gasteiger partial charge on any atom is -0.381 e. The SMILES string of the molecule is NCC1CCCCC1Nc1ccnc2ccccc12. The van der Waals surface area contributed by atoms with Gasteiger partial charge in [0.2, 0.25) is 0 Å². The van der Waals surface area contributed by atoms with Gasteiger partial charge in [-0.05, 0) is 37.4 Å². The quantitative estimate of drug-likeness (QED) is 0.885. The van der Waals surface area contributed by atoms with E-state index in [4.69, 9.17) is 5.73 Å². The van der Waals surface area contributed by atoms with Gasteiger partial charge in [-0.2, -0.15) is 0 Å². The van der Waals surface area contributed by atoms with Crippen LogP contribution in [0.25, 0.3) is 10.9 Å². The van der Waals surface area contributed by atoms with Gasteiger partial charge in [-0.15, -0.1) is 0 Å². The molecule has 3 nitrogen and oxygen atoms in total. The summed E-state index contributed by atoms with van der Waals surface area (Å²) in [5, 5.41) is 4.91. The van der Waals surface area contributed by atoms with Gasteiger partial charge in [-0.3, -0.25) is 4.98 Å². The molecule has 0 saturated heterocycles. The molecule has 0 bridgehead atoms. The number of anilines is 1. The van der Waals surface area contributed by atoms with Gasteiger partial charge < -0.3 is 11.1 Å². The third kappa shape index (κ3) is 2.56. The maximum Gasteiger partial charge on any atom is 0.0722 e. The van der Waals surface area contributed by atoms with Gasteiger partial charge in [0.25, 0.3) is 0 Å². The predicted molar refractivity (Wildman–Crippen MR) is 80.2 cm³/mol. The fourth-order valence-electron chi connectivity index (χ4n) is 3.10. The predicted octanol–water partition coefficient (Wildman–Crippen LogP) is 3.16. The van der Waals surface area contributed by atoms with Gasteiger partial charge in [0.05, 0.1) is 5.52 Å². The van der Waals surface area contributed by atoms with Crippen molar-refractivity contribution in [2.75, 3.05) is 11.9 Å². The van der Waals surface area contributed by atoms with Gasteiger partial charge in [0, 0.05) is 23.3 Å². The molecule has 0 spiro atoms. The Labute approximate surface area is 114 Å². The Balaban J connectivity index is 1.88. The van der Waals surface area contributed by atoms with Crippen LogP contribution < -0.4 is 11.1 Å². The number of nitrogens with one attached hydrogen (secondary N) is 1. The molecule has 1 aliphatic carbocycles. The first-order chi connectivity index (χ1) is 9.38. The lowest BCUT2D eigenvalue weighted by molar-refractivity contribution is 0.333. The van der Waals surface area contributed by atoms with Crippen LogP contribution in [0, 0.1) is 5.92 Å². The number of nitrogens with zero attached hydrogens (tertiary/aromatic N) is 1. The number of fused-ring (bicyclic) bond motifs is 1. The lowest BCUT2D eigenvalue weighted by atomic mass is 9.84. The summed E-state index contributed by atoms with van der Waals surface area (Å²) in [6.45, 7) is 0.778. The molecule has 1 saturated carbocycles. The normalized spacial score (nSPS) is 23.4. The third-order valence-corrected chi connectivity index (χ3v) is 4.20. The number of para-hydroxylation sites is 1. The van der Waals surface area contributed by atoms with Crippen LogP contribution in [0.4, 0.5) is 5.69 Å². The Morgan fingerprint density at radius 2 is 2.00 bits per heavy atom. The maximum absolute atomic E-state index is 5.91. The van der Waals surface area contributed by atoms with Crippen LogP contribution in [0.1, 0.15) is 25.7 Å². The van der Waals surface area contributed by atoms with E-state index in [2.05, 4.69) is 34.6 Å². The molecule has 2 aromatic rings. The van der Waals surface area contributed by atoms with Crippen LogP contribution in [-0.2, 0) is 0 Å². The number of nitrogens with two attached hydrogens (primary N) is 1. The summed E-state index contributed by atoms with van der Waals surface area (Å²) in [5.74, 6) is 0.598. The van der Waals surface area contributed by atoms with Gasteiger partial charge in [-0.1, -0.05) is 31.0 Å². The highest BCUT2D eigenvalue weighted by Crippen LogP contribution is 2.29. The Hall–Kier alpha value is -1.61. The molecule has 1 aromatic carbocycles. The Kier molecular flexibility index (Phi) is 3.65. The molecule has 3 N–H and O–H groups in total. The van der Waals surface area contributed by atoms with Crippen molar-refractivity contribution in [3.63, 3.8) is 0 Å². The molecule has 2 atom stereocenters. The van der Waals surface area contributed by atoms with Gasteiger partial charge >= 0.3 is 0 Å². The zero-order valence-corrected chi connectivity index (χ0v) is 11.2. The van der Waals surface area contributed by atoms with Crippen molar-refractivity contribution in [2.45, 2.75) is 31.7 Å². The lowest BCUT2D eigenvalue weighted by Gasteiger charge is -2.32. The number of pyridine rings is 1. The van der Waals surface area contributed by atoms with E-state index in [0.29, 0.717) is 12.0 Å². The highest BCUT2D eigenvalue weighted by atomic mass is 14.9. The standard InChI is InChI=1S/C16H21N3/c17-11-12-5-1-3-7-14(12)19-16-9-10-18-15-8-4-2-6-13(15)16/h2,4,6,8-10,12,14H,1,3,5,7,11,17H2,(H,18,19). The summed E-state index contributed by atoms with van der Waals surface area (Å²) in [7, 11) is 0. The molecule has 1 aliphatic rings. The van der Waals surface area contributed by atoms with Crippen LogP contribution in [0.15, 0.2) is 36.5 Å². The van der Waals surface area contributed by atoms with E-state index in [1.54, 1.807) is 0 Å². The highest BCUT2D eigenvalue weighted by molar-refractivity contribution is 5.90. The average Bonchev–Trinajstić information content (AvgIpc) is 2.48. The highest BCUT2D eigenvalue weighted by Gasteiger charge is 2.24. The fourth-order valence-corrected chi connectivity index (χ4v) is 3.10. The van der Waals surface area contributed by atoms with Crippen molar-refractivity contribution in [1.29, 1.82) is 0 Å². The first-order valence-corrected chi connectivity index (χ1v) is 7.19. The van der Waals surface area contributed by atoms with Crippen LogP contribution in [-0.4, -0.2) is 17.6 Å². The second-order valence-corrected chi connectivity index (χ2v) is 5.41. The first kappa shape index (κ1) is 12.4. The average molecular weight is 255 g/mol. The number of hydrogen-bond acceptors (Lipinski definition) is 3. The molecular formula is C16H21N3. The zero-order valence-electron chi connectivity index (χ0n) is 11.2. The Morgan fingerprint density at radius 3 is 2.89 bits per heavy atom. The van der Waals surface area contributed by atoms with Crippen LogP contribution >= 0.6 is 0 Å². The van der Waals surface area contributed by atoms with E-state index < -0.39 is 0 Å². The molecular weight excluding hydrogens is 234 g/mol. The summed E-state index contributed by atoms with van der Waals surface area (Å²) in [6.07, 6.45) is 6.97. The molecule has 0 radical (unpaired) electrons. The Morgan fingerprint density at radius 1 is 1.16 bits per heavy atom. The summed E-state index contributed by atoms with van der Waals surface area (Å²) < 4.78 is 0.